The first-order valence-electron chi connectivity index (χ1n) is 9.07. The number of hydrogen-bond donors (Lipinski definition) is 0. The van der Waals surface area contributed by atoms with Crippen molar-refractivity contribution in [3.05, 3.63) is 30.3 Å². The molecule has 0 bridgehead atoms. The molecule has 2 saturated heterocycles. The molecule has 2 aliphatic heterocycles. The molecule has 8 heteroatoms. The van der Waals surface area contributed by atoms with Crippen LogP contribution in [0.3, 0.4) is 0 Å². The Bertz CT molecular complexity index is 707. The van der Waals surface area contributed by atoms with E-state index in [0.717, 1.165) is 13.1 Å². The monoisotopic (exact) mass is 381 g/mol. The van der Waals surface area contributed by atoms with Gasteiger partial charge in [0, 0.05) is 39.3 Å². The summed E-state index contributed by atoms with van der Waals surface area (Å²) in [7, 11) is -3.48. The maximum absolute atomic E-state index is 12.7. The van der Waals surface area contributed by atoms with Crippen LogP contribution in [0.15, 0.2) is 35.2 Å². The Kier molecular flexibility index (Phi) is 5.96. The smallest absolute Gasteiger partial charge is 0.243 e. The van der Waals surface area contributed by atoms with E-state index >= 15 is 0 Å². The number of carbonyl (C=O) groups excluding carboxylic acids is 1. The van der Waals surface area contributed by atoms with Gasteiger partial charge in [-0.2, -0.15) is 4.31 Å². The summed E-state index contributed by atoms with van der Waals surface area (Å²) in [5, 5.41) is 0. The summed E-state index contributed by atoms with van der Waals surface area (Å²) in [5.74, 6) is 0.0584. The minimum atomic E-state index is -3.48. The zero-order chi connectivity index (χ0) is 18.7. The maximum atomic E-state index is 12.7. The molecule has 0 unspecified atom stereocenters. The van der Waals surface area contributed by atoms with Crippen molar-refractivity contribution in [2.24, 2.45) is 0 Å². The van der Waals surface area contributed by atoms with Crippen LogP contribution in [0.25, 0.3) is 0 Å². The fraction of sp³-hybridized carbons (Fsp3) is 0.611. The second-order valence-electron chi connectivity index (χ2n) is 7.05. The number of sulfonamides is 1. The lowest BCUT2D eigenvalue weighted by Gasteiger charge is -2.38. The Morgan fingerprint density at radius 1 is 1.04 bits per heavy atom. The molecule has 144 valence electrons. The van der Waals surface area contributed by atoms with Crippen molar-refractivity contribution >= 4 is 15.9 Å². The molecule has 0 spiro atoms. The second kappa shape index (κ2) is 8.04. The highest BCUT2D eigenvalue weighted by molar-refractivity contribution is 7.89. The molecule has 7 nitrogen and oxygen atoms in total. The predicted octanol–water partition coefficient (Wildman–Crippen LogP) is 0.629. The summed E-state index contributed by atoms with van der Waals surface area (Å²) in [5.41, 5.74) is 0. The van der Waals surface area contributed by atoms with Gasteiger partial charge in [-0.3, -0.25) is 9.69 Å². The Balaban J connectivity index is 1.54. The highest BCUT2D eigenvalue weighted by Crippen LogP contribution is 2.17. The number of morpholine rings is 1. The van der Waals surface area contributed by atoms with Gasteiger partial charge in [-0.1, -0.05) is 18.2 Å². The highest BCUT2D eigenvalue weighted by Gasteiger charge is 2.31. The molecule has 26 heavy (non-hydrogen) atoms. The van der Waals surface area contributed by atoms with Gasteiger partial charge in [-0.25, -0.2) is 8.42 Å². The van der Waals surface area contributed by atoms with Crippen LogP contribution in [0.4, 0.5) is 0 Å². The third-order valence-electron chi connectivity index (χ3n) is 4.83. The molecule has 1 amide bonds. The van der Waals surface area contributed by atoms with Crippen LogP contribution >= 0.6 is 0 Å². The number of piperazine rings is 1. The van der Waals surface area contributed by atoms with Gasteiger partial charge in [0.25, 0.3) is 0 Å². The Morgan fingerprint density at radius 2 is 1.62 bits per heavy atom. The van der Waals surface area contributed by atoms with Gasteiger partial charge in [-0.15, -0.1) is 0 Å². The van der Waals surface area contributed by atoms with Gasteiger partial charge < -0.3 is 9.64 Å². The van der Waals surface area contributed by atoms with Crippen molar-refractivity contribution < 1.29 is 17.9 Å². The summed E-state index contributed by atoms with van der Waals surface area (Å²) >= 11 is 0. The molecule has 0 aromatic heterocycles. The zero-order valence-electron chi connectivity index (χ0n) is 15.4. The molecule has 2 atom stereocenters. The van der Waals surface area contributed by atoms with Crippen LogP contribution in [0.1, 0.15) is 13.8 Å². The molecule has 1 aromatic carbocycles. The van der Waals surface area contributed by atoms with E-state index in [0.29, 0.717) is 37.6 Å². The number of hydrogen-bond acceptors (Lipinski definition) is 5. The third kappa shape index (κ3) is 4.43. The first-order chi connectivity index (χ1) is 12.4. The molecule has 2 fully saturated rings. The Morgan fingerprint density at radius 3 is 2.19 bits per heavy atom. The molecular weight excluding hydrogens is 354 g/mol. The zero-order valence-corrected chi connectivity index (χ0v) is 16.2. The summed E-state index contributed by atoms with van der Waals surface area (Å²) in [4.78, 5) is 16.8. The van der Waals surface area contributed by atoms with Gasteiger partial charge in [0.15, 0.2) is 0 Å². The SMILES string of the molecule is C[C@@H]1CN(CC(=O)N2CCN(S(=O)(=O)c3ccccc3)CC2)C[C@@H](C)O1. The molecule has 0 radical (unpaired) electrons. The van der Waals surface area contributed by atoms with E-state index < -0.39 is 10.0 Å². The van der Waals surface area contributed by atoms with Gasteiger partial charge in [0.2, 0.25) is 15.9 Å². The standard InChI is InChI=1S/C18H27N3O4S/c1-15-12-19(13-16(2)25-15)14-18(22)20-8-10-21(11-9-20)26(23,24)17-6-4-3-5-7-17/h3-7,15-16H,8-14H2,1-2H3/t15-,16-/m1/s1. The number of amides is 1. The van der Waals surface area contributed by atoms with Crippen LogP contribution in [-0.2, 0) is 19.6 Å². The van der Waals surface area contributed by atoms with Crippen molar-refractivity contribution in [2.45, 2.75) is 31.0 Å². The molecular formula is C18H27N3O4S. The van der Waals surface area contributed by atoms with Crippen LogP contribution < -0.4 is 0 Å². The largest absolute Gasteiger partial charge is 0.373 e. The maximum Gasteiger partial charge on any atom is 0.243 e. The Hall–Kier alpha value is -1.48. The van der Waals surface area contributed by atoms with Gasteiger partial charge >= 0.3 is 0 Å². The van der Waals surface area contributed by atoms with Crippen LogP contribution in [0.5, 0.6) is 0 Å². The Labute approximate surface area is 155 Å². The fourth-order valence-corrected chi connectivity index (χ4v) is 5.07. The molecule has 0 aliphatic carbocycles. The molecule has 2 heterocycles. The lowest BCUT2D eigenvalue weighted by Crippen LogP contribution is -2.54. The van der Waals surface area contributed by atoms with Crippen molar-refractivity contribution in [3.63, 3.8) is 0 Å². The lowest BCUT2D eigenvalue weighted by atomic mass is 10.2. The van der Waals surface area contributed by atoms with Gasteiger partial charge in [-0.05, 0) is 26.0 Å². The van der Waals surface area contributed by atoms with Gasteiger partial charge in [0.1, 0.15) is 0 Å². The minimum absolute atomic E-state index is 0.0584. The van der Waals surface area contributed by atoms with E-state index in [9.17, 15) is 13.2 Å². The van der Waals surface area contributed by atoms with E-state index in [4.69, 9.17) is 4.74 Å². The minimum Gasteiger partial charge on any atom is -0.373 e. The second-order valence-corrected chi connectivity index (χ2v) is 8.99. The van der Waals surface area contributed by atoms with Crippen molar-refractivity contribution in [3.8, 4) is 0 Å². The van der Waals surface area contributed by atoms with Crippen molar-refractivity contribution in [2.75, 3.05) is 45.8 Å². The average molecular weight is 381 g/mol. The van der Waals surface area contributed by atoms with Gasteiger partial charge in [0.05, 0.1) is 23.6 Å². The average Bonchev–Trinajstić information content (AvgIpc) is 2.61. The molecule has 1 aromatic rings. The summed E-state index contributed by atoms with van der Waals surface area (Å²) in [6, 6.07) is 8.44. The molecule has 2 aliphatic rings. The van der Waals surface area contributed by atoms with E-state index in [1.54, 1.807) is 35.2 Å². The summed E-state index contributed by atoms with van der Waals surface area (Å²) < 4.78 is 32.5. The number of carbonyl (C=O) groups is 1. The molecule has 0 N–H and O–H groups in total. The number of nitrogens with zero attached hydrogens (tertiary/aromatic N) is 3. The van der Waals surface area contributed by atoms with Crippen LogP contribution in [0.2, 0.25) is 0 Å². The first-order valence-corrected chi connectivity index (χ1v) is 10.5. The number of ether oxygens (including phenoxy) is 1. The lowest BCUT2D eigenvalue weighted by molar-refractivity contribution is -0.137. The van der Waals surface area contributed by atoms with Crippen LogP contribution in [0, 0.1) is 0 Å². The van der Waals surface area contributed by atoms with Crippen LogP contribution in [-0.4, -0.2) is 86.5 Å². The van der Waals surface area contributed by atoms with Crippen molar-refractivity contribution in [1.29, 1.82) is 0 Å². The van der Waals surface area contributed by atoms with E-state index in [-0.39, 0.29) is 18.1 Å². The molecule has 0 saturated carbocycles. The van der Waals surface area contributed by atoms with E-state index in [1.807, 2.05) is 13.8 Å². The highest BCUT2D eigenvalue weighted by atomic mass is 32.2. The van der Waals surface area contributed by atoms with E-state index in [1.165, 1.54) is 4.31 Å². The number of benzene rings is 1. The van der Waals surface area contributed by atoms with Crippen molar-refractivity contribution in [1.82, 2.24) is 14.1 Å². The summed E-state index contributed by atoms with van der Waals surface area (Å²) in [6.45, 7) is 7.42. The number of rotatable bonds is 4. The predicted molar refractivity (Wildman–Crippen MR) is 98.2 cm³/mol. The topological polar surface area (TPSA) is 70.2 Å². The molecule has 3 rings (SSSR count). The third-order valence-corrected chi connectivity index (χ3v) is 6.74. The van der Waals surface area contributed by atoms with E-state index in [2.05, 4.69) is 4.90 Å². The normalized spacial score (nSPS) is 26.0. The summed E-state index contributed by atoms with van der Waals surface area (Å²) in [6.07, 6.45) is 0.249. The first kappa shape index (κ1) is 19.3. The fourth-order valence-electron chi connectivity index (χ4n) is 3.62. The quantitative estimate of drug-likeness (QED) is 0.765.